The monoisotopic (exact) mass is 247 g/mol. The molecule has 2 nitrogen and oxygen atoms in total. The third-order valence-corrected chi connectivity index (χ3v) is 2.90. The van der Waals surface area contributed by atoms with E-state index >= 15 is 0 Å². The maximum Gasteiger partial charge on any atom is 0.0587 e. The summed E-state index contributed by atoms with van der Waals surface area (Å²) in [5, 5.41) is 3.34. The maximum atomic E-state index is 5.00. The molecule has 0 amide bonds. The number of benzene rings is 1. The van der Waals surface area contributed by atoms with Crippen LogP contribution in [-0.4, -0.2) is 26.8 Å². The van der Waals surface area contributed by atoms with E-state index in [9.17, 15) is 0 Å². The Morgan fingerprint density at radius 3 is 2.50 bits per heavy atom. The Bertz CT molecular complexity index is 365. The van der Waals surface area contributed by atoms with Gasteiger partial charge >= 0.3 is 0 Å². The van der Waals surface area contributed by atoms with E-state index in [1.54, 1.807) is 7.11 Å². The molecule has 0 fully saturated rings. The van der Waals surface area contributed by atoms with Crippen LogP contribution < -0.4 is 5.32 Å². The first-order valence-corrected chi connectivity index (χ1v) is 6.60. The molecule has 0 atom stereocenters. The first-order chi connectivity index (χ1) is 8.63. The molecule has 0 spiro atoms. The number of rotatable bonds is 7. The number of hydrogen-bond acceptors (Lipinski definition) is 2. The lowest BCUT2D eigenvalue weighted by atomic mass is 10.0. The van der Waals surface area contributed by atoms with Crippen LogP contribution in [0.3, 0.4) is 0 Å². The van der Waals surface area contributed by atoms with Crippen LogP contribution in [-0.2, 0) is 4.74 Å². The number of ether oxygens (including phenoxy) is 1. The molecule has 0 aromatic heterocycles. The molecular formula is C16H25NO. The summed E-state index contributed by atoms with van der Waals surface area (Å²) >= 11 is 0. The van der Waals surface area contributed by atoms with Crippen molar-refractivity contribution in [3.8, 4) is 0 Å². The second-order valence-corrected chi connectivity index (χ2v) is 4.98. The Labute approximate surface area is 111 Å². The molecule has 1 N–H and O–H groups in total. The zero-order chi connectivity index (χ0) is 13.4. The van der Waals surface area contributed by atoms with E-state index in [4.69, 9.17) is 4.74 Å². The van der Waals surface area contributed by atoms with Crippen LogP contribution in [0.4, 0.5) is 0 Å². The number of methoxy groups -OCH3 is 1. The lowest BCUT2D eigenvalue weighted by molar-refractivity contribution is 0.200. The van der Waals surface area contributed by atoms with Gasteiger partial charge in [0.2, 0.25) is 0 Å². The molecule has 0 saturated carbocycles. The fraction of sp³-hybridized carbons (Fsp3) is 0.500. The molecule has 0 aliphatic rings. The van der Waals surface area contributed by atoms with E-state index in [0.717, 1.165) is 19.7 Å². The predicted molar refractivity (Wildman–Crippen MR) is 78.9 cm³/mol. The summed E-state index contributed by atoms with van der Waals surface area (Å²) in [5.41, 5.74) is 4.00. The minimum Gasteiger partial charge on any atom is -0.383 e. The Hall–Kier alpha value is -1.12. The van der Waals surface area contributed by atoms with Crippen LogP contribution in [0.5, 0.6) is 0 Å². The fourth-order valence-corrected chi connectivity index (χ4v) is 1.77. The van der Waals surface area contributed by atoms with Crippen LogP contribution in [0.2, 0.25) is 0 Å². The van der Waals surface area contributed by atoms with Crippen molar-refractivity contribution in [3.63, 3.8) is 0 Å². The fourth-order valence-electron chi connectivity index (χ4n) is 1.77. The van der Waals surface area contributed by atoms with Crippen molar-refractivity contribution in [2.24, 2.45) is 0 Å². The summed E-state index contributed by atoms with van der Waals surface area (Å²) in [6.07, 6.45) is 2.23. The molecule has 0 saturated heterocycles. The normalized spacial score (nSPS) is 12.2. The van der Waals surface area contributed by atoms with Gasteiger partial charge in [-0.2, -0.15) is 0 Å². The maximum absolute atomic E-state index is 5.00. The van der Waals surface area contributed by atoms with Crippen LogP contribution in [0.25, 0.3) is 6.08 Å². The van der Waals surface area contributed by atoms with E-state index in [1.807, 2.05) is 0 Å². The first kappa shape index (κ1) is 14.9. The standard InChI is InChI=1S/C16H25NO/c1-13(2)16-7-5-15(6-8-16)11-14(3)12-17-9-10-18-4/h5-8,11,13,17H,9-10,12H2,1-4H3. The molecule has 1 aromatic carbocycles. The van der Waals surface area contributed by atoms with Gasteiger partial charge in [-0.15, -0.1) is 0 Å². The van der Waals surface area contributed by atoms with Crippen LogP contribution in [0.15, 0.2) is 29.8 Å². The molecule has 0 aliphatic carbocycles. The molecule has 1 aromatic rings. The number of nitrogens with one attached hydrogen (secondary N) is 1. The highest BCUT2D eigenvalue weighted by Crippen LogP contribution is 2.16. The Morgan fingerprint density at radius 2 is 1.94 bits per heavy atom. The van der Waals surface area contributed by atoms with Gasteiger partial charge in [0.15, 0.2) is 0 Å². The van der Waals surface area contributed by atoms with E-state index in [2.05, 4.69) is 56.4 Å². The second kappa shape index (κ2) is 8.06. The average Bonchev–Trinajstić information content (AvgIpc) is 2.35. The van der Waals surface area contributed by atoms with Gasteiger partial charge in [-0.25, -0.2) is 0 Å². The molecule has 0 unspecified atom stereocenters. The van der Waals surface area contributed by atoms with Gasteiger partial charge in [0.25, 0.3) is 0 Å². The topological polar surface area (TPSA) is 21.3 Å². The Balaban J connectivity index is 2.49. The quantitative estimate of drug-likeness (QED) is 0.745. The molecule has 0 bridgehead atoms. The van der Waals surface area contributed by atoms with Crippen molar-refractivity contribution in [3.05, 3.63) is 41.0 Å². The van der Waals surface area contributed by atoms with Gasteiger partial charge in [0.05, 0.1) is 6.61 Å². The summed E-state index contributed by atoms with van der Waals surface area (Å²) in [4.78, 5) is 0. The van der Waals surface area contributed by atoms with Crippen molar-refractivity contribution in [1.29, 1.82) is 0 Å². The second-order valence-electron chi connectivity index (χ2n) is 4.98. The van der Waals surface area contributed by atoms with Crippen molar-refractivity contribution in [1.82, 2.24) is 5.32 Å². The molecule has 0 aliphatic heterocycles. The van der Waals surface area contributed by atoms with Gasteiger partial charge in [0.1, 0.15) is 0 Å². The molecule has 18 heavy (non-hydrogen) atoms. The van der Waals surface area contributed by atoms with Crippen LogP contribution >= 0.6 is 0 Å². The van der Waals surface area contributed by atoms with Crippen molar-refractivity contribution in [2.45, 2.75) is 26.7 Å². The highest BCUT2D eigenvalue weighted by Gasteiger charge is 1.98. The first-order valence-electron chi connectivity index (χ1n) is 6.60. The van der Waals surface area contributed by atoms with E-state index < -0.39 is 0 Å². The van der Waals surface area contributed by atoms with Gasteiger partial charge in [-0.05, 0) is 24.0 Å². The van der Waals surface area contributed by atoms with Crippen molar-refractivity contribution < 1.29 is 4.74 Å². The zero-order valence-corrected chi connectivity index (χ0v) is 12.0. The minimum absolute atomic E-state index is 0.597. The van der Waals surface area contributed by atoms with Crippen molar-refractivity contribution in [2.75, 3.05) is 26.8 Å². The average molecular weight is 247 g/mol. The lowest BCUT2D eigenvalue weighted by Gasteiger charge is -2.07. The third kappa shape index (κ3) is 5.48. The van der Waals surface area contributed by atoms with Gasteiger partial charge < -0.3 is 10.1 Å². The predicted octanol–water partition coefficient (Wildman–Crippen LogP) is 3.45. The highest BCUT2D eigenvalue weighted by molar-refractivity contribution is 5.53. The summed E-state index contributed by atoms with van der Waals surface area (Å²) in [5.74, 6) is 0.597. The van der Waals surface area contributed by atoms with Gasteiger partial charge in [-0.3, -0.25) is 0 Å². The SMILES string of the molecule is COCCNCC(C)=Cc1ccc(C(C)C)cc1. The van der Waals surface area contributed by atoms with E-state index in [-0.39, 0.29) is 0 Å². The Kier molecular flexibility index (Phi) is 6.69. The zero-order valence-electron chi connectivity index (χ0n) is 12.0. The van der Waals surface area contributed by atoms with Gasteiger partial charge in [-0.1, -0.05) is 49.8 Å². The van der Waals surface area contributed by atoms with E-state index in [1.165, 1.54) is 16.7 Å². The summed E-state index contributed by atoms with van der Waals surface area (Å²) in [6.45, 7) is 9.15. The Morgan fingerprint density at radius 1 is 1.28 bits per heavy atom. The molecule has 2 heteroatoms. The van der Waals surface area contributed by atoms with Crippen LogP contribution in [0.1, 0.15) is 37.8 Å². The highest BCUT2D eigenvalue weighted by atomic mass is 16.5. The minimum atomic E-state index is 0.597. The van der Waals surface area contributed by atoms with E-state index in [0.29, 0.717) is 5.92 Å². The molecule has 1 rings (SSSR count). The smallest absolute Gasteiger partial charge is 0.0587 e. The molecule has 0 heterocycles. The molecular weight excluding hydrogens is 222 g/mol. The van der Waals surface area contributed by atoms with Crippen molar-refractivity contribution >= 4 is 6.08 Å². The summed E-state index contributed by atoms with van der Waals surface area (Å²) in [7, 11) is 1.72. The van der Waals surface area contributed by atoms with Gasteiger partial charge in [0, 0.05) is 20.2 Å². The molecule has 0 radical (unpaired) electrons. The third-order valence-electron chi connectivity index (χ3n) is 2.90. The summed E-state index contributed by atoms with van der Waals surface area (Å²) < 4.78 is 5.00. The lowest BCUT2D eigenvalue weighted by Crippen LogP contribution is -2.20. The summed E-state index contributed by atoms with van der Waals surface area (Å²) in [6, 6.07) is 8.80. The molecule has 100 valence electrons. The van der Waals surface area contributed by atoms with Crippen LogP contribution in [0, 0.1) is 0 Å². The largest absolute Gasteiger partial charge is 0.383 e. The number of hydrogen-bond donors (Lipinski definition) is 1.